The molecule has 1 atom stereocenters. The highest BCUT2D eigenvalue weighted by Gasteiger charge is 2.28. The Morgan fingerprint density at radius 1 is 1.12 bits per heavy atom. The largest absolute Gasteiger partial charge is 0.424 e. The number of benzene rings is 1. The summed E-state index contributed by atoms with van der Waals surface area (Å²) < 4.78 is 30.5. The first-order valence-corrected chi connectivity index (χ1v) is 10.1. The number of sulfone groups is 1. The number of hydrogen-bond donors (Lipinski definition) is 0. The first-order chi connectivity index (χ1) is 12.4. The molecule has 0 radical (unpaired) electrons. The summed E-state index contributed by atoms with van der Waals surface area (Å²) in [6.07, 6.45) is 3.57. The second-order valence-corrected chi connectivity index (χ2v) is 8.52. The Hall–Kier alpha value is -2.32. The Kier molecular flexibility index (Phi) is 5.33. The first kappa shape index (κ1) is 18.5. The topological polar surface area (TPSA) is 98.8 Å². The van der Waals surface area contributed by atoms with Gasteiger partial charge in [-0.05, 0) is 31.2 Å². The highest BCUT2D eigenvalue weighted by Crippen LogP contribution is 2.25. The summed E-state index contributed by atoms with van der Waals surface area (Å²) in [6, 6.07) is 7.10. The summed E-state index contributed by atoms with van der Waals surface area (Å²) in [5, 5.41) is 7.36. The molecule has 0 amide bonds. The molecule has 0 spiro atoms. The van der Waals surface area contributed by atoms with E-state index in [1.54, 1.807) is 24.3 Å². The van der Waals surface area contributed by atoms with E-state index in [2.05, 4.69) is 20.2 Å². The molecule has 0 aliphatic rings. The predicted octanol–water partition coefficient (Wildman–Crippen LogP) is 3.42. The van der Waals surface area contributed by atoms with Gasteiger partial charge in [0.2, 0.25) is 11.8 Å². The van der Waals surface area contributed by atoms with E-state index >= 15 is 0 Å². The maximum atomic E-state index is 12.6. The van der Waals surface area contributed by atoms with Crippen LogP contribution in [0.5, 0.6) is 0 Å². The number of rotatable bonds is 6. The van der Waals surface area contributed by atoms with Gasteiger partial charge in [-0.15, -0.1) is 10.2 Å². The van der Waals surface area contributed by atoms with E-state index in [1.807, 2.05) is 6.92 Å². The number of halogens is 1. The molecule has 136 valence electrons. The molecule has 1 unspecified atom stereocenters. The van der Waals surface area contributed by atoms with Crippen LogP contribution in [0.3, 0.4) is 0 Å². The fraction of sp³-hybridized carbons (Fsp3) is 0.294. The molecule has 2 heterocycles. The van der Waals surface area contributed by atoms with Crippen molar-refractivity contribution >= 4 is 21.4 Å². The molecule has 0 bridgehead atoms. The Bertz CT molecular complexity index is 986. The number of aryl methyl sites for hydroxylation is 1. The summed E-state index contributed by atoms with van der Waals surface area (Å²) in [5.74, 6) is 0.803. The van der Waals surface area contributed by atoms with Crippen molar-refractivity contribution in [2.24, 2.45) is 0 Å². The number of nitrogens with zero attached hydrogens (tertiary/aromatic N) is 4. The normalized spacial score (nSPS) is 12.9. The molecule has 0 saturated carbocycles. The van der Waals surface area contributed by atoms with Gasteiger partial charge in [0.05, 0.1) is 5.75 Å². The SMILES string of the molecule is CCc1nnc(C(C)S(=O)(=O)Cc2cnc(-c3ccc(Cl)cc3)nc2)o1. The summed E-state index contributed by atoms with van der Waals surface area (Å²) in [5.41, 5.74) is 1.29. The highest BCUT2D eigenvalue weighted by atomic mass is 35.5. The molecule has 1 aromatic carbocycles. The zero-order valence-corrected chi connectivity index (χ0v) is 15.8. The summed E-state index contributed by atoms with van der Waals surface area (Å²) in [6.45, 7) is 3.39. The fourth-order valence-corrected chi connectivity index (χ4v) is 3.65. The first-order valence-electron chi connectivity index (χ1n) is 7.99. The summed E-state index contributed by atoms with van der Waals surface area (Å²) in [7, 11) is -3.54. The van der Waals surface area contributed by atoms with E-state index in [0.29, 0.717) is 28.7 Å². The van der Waals surface area contributed by atoms with Gasteiger partial charge >= 0.3 is 0 Å². The van der Waals surface area contributed by atoms with Crippen molar-refractivity contribution < 1.29 is 12.8 Å². The van der Waals surface area contributed by atoms with Crippen LogP contribution in [-0.4, -0.2) is 28.6 Å². The quantitative estimate of drug-likeness (QED) is 0.633. The smallest absolute Gasteiger partial charge is 0.234 e. The van der Waals surface area contributed by atoms with Gasteiger partial charge in [0, 0.05) is 35.0 Å². The van der Waals surface area contributed by atoms with Crippen molar-refractivity contribution in [3.05, 3.63) is 59.0 Å². The van der Waals surface area contributed by atoms with E-state index < -0.39 is 15.1 Å². The highest BCUT2D eigenvalue weighted by molar-refractivity contribution is 7.90. The van der Waals surface area contributed by atoms with Crippen LogP contribution in [0.1, 0.15) is 36.4 Å². The minimum absolute atomic E-state index is 0.0977. The lowest BCUT2D eigenvalue weighted by Crippen LogP contribution is -2.13. The molecule has 0 N–H and O–H groups in total. The Morgan fingerprint density at radius 3 is 2.35 bits per heavy atom. The standard InChI is InChI=1S/C17H17ClN4O3S/c1-3-15-21-22-17(25-15)11(2)26(23,24)10-12-8-19-16(20-9-12)13-4-6-14(18)7-5-13/h4-9,11H,3,10H2,1-2H3. The van der Waals surface area contributed by atoms with E-state index in [-0.39, 0.29) is 11.6 Å². The summed E-state index contributed by atoms with van der Waals surface area (Å²) >= 11 is 5.86. The van der Waals surface area contributed by atoms with Crippen molar-refractivity contribution in [1.29, 1.82) is 0 Å². The molecule has 0 aliphatic carbocycles. The molecule has 0 aliphatic heterocycles. The van der Waals surface area contributed by atoms with Crippen LogP contribution >= 0.6 is 11.6 Å². The molecular weight excluding hydrogens is 376 g/mol. The third kappa shape index (κ3) is 4.08. The summed E-state index contributed by atoms with van der Waals surface area (Å²) in [4.78, 5) is 8.48. The van der Waals surface area contributed by atoms with Crippen LogP contribution < -0.4 is 0 Å². The van der Waals surface area contributed by atoms with Crippen LogP contribution in [0.4, 0.5) is 0 Å². The lowest BCUT2D eigenvalue weighted by Gasteiger charge is -2.09. The number of aromatic nitrogens is 4. The van der Waals surface area contributed by atoms with Crippen LogP contribution in [-0.2, 0) is 22.0 Å². The van der Waals surface area contributed by atoms with E-state index in [0.717, 1.165) is 5.56 Å². The van der Waals surface area contributed by atoms with Crippen molar-refractivity contribution in [2.75, 3.05) is 0 Å². The Balaban J connectivity index is 1.76. The van der Waals surface area contributed by atoms with Gasteiger partial charge in [-0.3, -0.25) is 0 Å². The molecule has 0 fully saturated rings. The maximum Gasteiger partial charge on any atom is 0.234 e. The van der Waals surface area contributed by atoms with E-state index in [9.17, 15) is 8.42 Å². The second kappa shape index (κ2) is 7.51. The molecule has 9 heteroatoms. The maximum absolute atomic E-state index is 12.6. The van der Waals surface area contributed by atoms with Crippen LogP contribution in [0.2, 0.25) is 5.02 Å². The lowest BCUT2D eigenvalue weighted by molar-refractivity contribution is 0.448. The van der Waals surface area contributed by atoms with Gasteiger partial charge in [0.25, 0.3) is 0 Å². The minimum Gasteiger partial charge on any atom is -0.424 e. The van der Waals surface area contributed by atoms with Crippen molar-refractivity contribution in [1.82, 2.24) is 20.2 Å². The third-order valence-electron chi connectivity index (χ3n) is 3.85. The average Bonchev–Trinajstić information content (AvgIpc) is 3.11. The van der Waals surface area contributed by atoms with Gasteiger partial charge in [-0.25, -0.2) is 18.4 Å². The second-order valence-electron chi connectivity index (χ2n) is 5.76. The lowest BCUT2D eigenvalue weighted by atomic mass is 10.2. The van der Waals surface area contributed by atoms with Crippen molar-refractivity contribution in [3.8, 4) is 11.4 Å². The van der Waals surface area contributed by atoms with Gasteiger partial charge in [0.15, 0.2) is 15.7 Å². The molecular formula is C17H17ClN4O3S. The Morgan fingerprint density at radius 2 is 1.77 bits per heavy atom. The Labute approximate surface area is 156 Å². The molecule has 26 heavy (non-hydrogen) atoms. The minimum atomic E-state index is -3.54. The fourth-order valence-electron chi connectivity index (χ4n) is 2.26. The number of hydrogen-bond acceptors (Lipinski definition) is 7. The van der Waals surface area contributed by atoms with Crippen LogP contribution in [0.25, 0.3) is 11.4 Å². The third-order valence-corrected chi connectivity index (χ3v) is 6.11. The molecule has 0 saturated heterocycles. The predicted molar refractivity (Wildman–Crippen MR) is 97.2 cm³/mol. The van der Waals surface area contributed by atoms with Crippen LogP contribution in [0, 0.1) is 0 Å². The van der Waals surface area contributed by atoms with Gasteiger partial charge in [-0.1, -0.05) is 18.5 Å². The van der Waals surface area contributed by atoms with Gasteiger partial charge < -0.3 is 4.42 Å². The van der Waals surface area contributed by atoms with Gasteiger partial charge in [0.1, 0.15) is 5.25 Å². The van der Waals surface area contributed by atoms with Crippen molar-refractivity contribution in [2.45, 2.75) is 31.3 Å². The molecule has 2 aromatic heterocycles. The van der Waals surface area contributed by atoms with Gasteiger partial charge in [-0.2, -0.15) is 0 Å². The zero-order valence-electron chi connectivity index (χ0n) is 14.3. The van der Waals surface area contributed by atoms with Crippen LogP contribution in [0.15, 0.2) is 41.1 Å². The zero-order chi connectivity index (χ0) is 18.7. The van der Waals surface area contributed by atoms with E-state index in [4.69, 9.17) is 16.0 Å². The van der Waals surface area contributed by atoms with Crippen molar-refractivity contribution in [3.63, 3.8) is 0 Å². The van der Waals surface area contributed by atoms with E-state index in [1.165, 1.54) is 19.3 Å². The molecule has 3 rings (SSSR count). The molecule has 3 aromatic rings. The monoisotopic (exact) mass is 392 g/mol. The average molecular weight is 393 g/mol. The molecule has 7 nitrogen and oxygen atoms in total.